The van der Waals surface area contributed by atoms with E-state index in [0.29, 0.717) is 0 Å². The van der Waals surface area contributed by atoms with Gasteiger partial charge in [0.1, 0.15) is 0 Å². The molecule has 0 atom stereocenters. The van der Waals surface area contributed by atoms with Gasteiger partial charge in [0.2, 0.25) is 0 Å². The van der Waals surface area contributed by atoms with E-state index in [9.17, 15) is 18.0 Å². The second-order valence-corrected chi connectivity index (χ2v) is 3.40. The van der Waals surface area contributed by atoms with Crippen molar-refractivity contribution in [2.75, 3.05) is 0 Å². The van der Waals surface area contributed by atoms with Crippen LogP contribution in [0.5, 0.6) is 0 Å². The van der Waals surface area contributed by atoms with Crippen LogP contribution in [0.1, 0.15) is 20.7 Å². The molecule has 0 aliphatic rings. The molecule has 80 valence electrons. The zero-order chi connectivity index (χ0) is 11.6. The molecule has 1 aromatic rings. The molecule has 0 radical (unpaired) electrons. The molecular formula is C8H5LiO6S. The molecule has 6 nitrogen and oxygen atoms in total. The van der Waals surface area contributed by atoms with E-state index in [4.69, 9.17) is 10.2 Å². The molecule has 16 heavy (non-hydrogen) atoms. The molecule has 0 unspecified atom stereocenters. The van der Waals surface area contributed by atoms with Crippen LogP contribution in [0.25, 0.3) is 0 Å². The van der Waals surface area contributed by atoms with Crippen LogP contribution in [0.3, 0.4) is 0 Å². The summed E-state index contributed by atoms with van der Waals surface area (Å²) in [7, 11) is -2.90. The first-order valence-electron chi connectivity index (χ1n) is 3.64. The smallest absolute Gasteiger partial charge is 0.478 e. The van der Waals surface area contributed by atoms with Gasteiger partial charge in [0.05, 0.1) is 0 Å². The zero-order valence-corrected chi connectivity index (χ0v) is 8.98. The number of hydrogen-bond donors (Lipinski definition) is 2. The normalized spacial score (nSPS) is 9.56. The van der Waals surface area contributed by atoms with Crippen LogP contribution in [0.2, 0.25) is 0 Å². The predicted molar refractivity (Wildman–Crippen MR) is 47.4 cm³/mol. The third kappa shape index (κ3) is 2.85. The van der Waals surface area contributed by atoms with E-state index >= 15 is 0 Å². The monoisotopic (exact) mass is 236 g/mol. The fourth-order valence-corrected chi connectivity index (χ4v) is 1.72. The molecule has 0 saturated carbocycles. The average molecular weight is 236 g/mol. The Labute approximate surface area is 104 Å². The van der Waals surface area contributed by atoms with E-state index < -0.39 is 38.7 Å². The van der Waals surface area contributed by atoms with Crippen molar-refractivity contribution in [1.82, 2.24) is 0 Å². The molecule has 1 aromatic carbocycles. The van der Waals surface area contributed by atoms with Gasteiger partial charge in [-0.1, -0.05) is 11.0 Å². The SMILES string of the molecule is O=C(O)c1cccc(C(=O)O)c1[S-](=O)=O.[Li+]. The average Bonchev–Trinajstić information content (AvgIpc) is 2.16. The number of carbonyl (C=O) groups is 2. The van der Waals surface area contributed by atoms with Crippen molar-refractivity contribution in [2.24, 2.45) is 0 Å². The van der Waals surface area contributed by atoms with Gasteiger partial charge in [-0.25, -0.2) is 9.59 Å². The number of benzene rings is 1. The molecule has 0 aliphatic carbocycles. The van der Waals surface area contributed by atoms with Gasteiger partial charge in [-0.05, 0) is 22.8 Å². The van der Waals surface area contributed by atoms with E-state index in [-0.39, 0.29) is 18.9 Å². The van der Waals surface area contributed by atoms with Gasteiger partial charge < -0.3 is 18.6 Å². The van der Waals surface area contributed by atoms with Crippen LogP contribution >= 0.6 is 0 Å². The van der Waals surface area contributed by atoms with Crippen molar-refractivity contribution in [1.29, 1.82) is 0 Å². The van der Waals surface area contributed by atoms with Crippen molar-refractivity contribution < 1.29 is 47.1 Å². The topological polar surface area (TPSA) is 109 Å². The maximum atomic E-state index is 10.7. The summed E-state index contributed by atoms with van der Waals surface area (Å²) in [6.07, 6.45) is 0. The van der Waals surface area contributed by atoms with Crippen molar-refractivity contribution >= 4 is 22.6 Å². The summed E-state index contributed by atoms with van der Waals surface area (Å²) >= 11 is 0. The van der Waals surface area contributed by atoms with Crippen LogP contribution in [-0.2, 0) is 19.1 Å². The van der Waals surface area contributed by atoms with E-state index in [0.717, 1.165) is 12.1 Å². The van der Waals surface area contributed by atoms with Gasteiger partial charge in [-0.2, -0.15) is 0 Å². The summed E-state index contributed by atoms with van der Waals surface area (Å²) in [4.78, 5) is 20.6. The second kappa shape index (κ2) is 5.70. The quantitative estimate of drug-likeness (QED) is 0.453. The van der Waals surface area contributed by atoms with Crippen molar-refractivity contribution in [3.05, 3.63) is 29.3 Å². The molecule has 1 rings (SSSR count). The largest absolute Gasteiger partial charge is 1.00 e. The summed E-state index contributed by atoms with van der Waals surface area (Å²) in [6.45, 7) is 0. The van der Waals surface area contributed by atoms with Gasteiger partial charge in [0, 0.05) is 11.1 Å². The molecule has 0 amide bonds. The van der Waals surface area contributed by atoms with Gasteiger partial charge in [-0.3, -0.25) is 0 Å². The Morgan fingerprint density at radius 2 is 1.38 bits per heavy atom. The summed E-state index contributed by atoms with van der Waals surface area (Å²) in [5.41, 5.74) is -1.11. The number of aromatic carboxylic acids is 2. The van der Waals surface area contributed by atoms with Crippen LogP contribution in [0, 0.1) is 0 Å². The van der Waals surface area contributed by atoms with E-state index in [2.05, 4.69) is 0 Å². The Kier molecular flexibility index (Phi) is 5.24. The Bertz CT molecular complexity index is 467. The number of rotatable bonds is 3. The summed E-state index contributed by atoms with van der Waals surface area (Å²) in [6, 6.07) is 3.23. The molecule has 8 heteroatoms. The Morgan fingerprint density at radius 1 is 1.00 bits per heavy atom. The standard InChI is InChI=1S/C8H5O6S.Li/c9-7(10)4-2-1-3-5(8(11)12)6(4)15(13)14;/h1-3H,(H,9,10)(H,11,12);/q-1;+1. The number of hydrogen-bond acceptors (Lipinski definition) is 5. The molecular weight excluding hydrogens is 231 g/mol. The first-order chi connectivity index (χ1) is 6.95. The summed E-state index contributed by atoms with van der Waals surface area (Å²) < 4.78 is 21.4. The Balaban J connectivity index is 0.00000225. The second-order valence-electron chi connectivity index (χ2n) is 2.53. The Hall–Kier alpha value is -1.29. The molecule has 0 aromatic heterocycles. The minimum absolute atomic E-state index is 0. The van der Waals surface area contributed by atoms with Crippen molar-refractivity contribution in [3.63, 3.8) is 0 Å². The molecule has 0 heterocycles. The molecule has 0 fully saturated rings. The van der Waals surface area contributed by atoms with E-state index in [1.165, 1.54) is 6.07 Å². The summed E-state index contributed by atoms with van der Waals surface area (Å²) in [5.74, 6) is -2.98. The third-order valence-corrected chi connectivity index (χ3v) is 2.42. The number of carboxylic acids is 2. The zero-order valence-electron chi connectivity index (χ0n) is 8.17. The van der Waals surface area contributed by atoms with E-state index in [1.807, 2.05) is 0 Å². The molecule has 0 aliphatic heterocycles. The van der Waals surface area contributed by atoms with Gasteiger partial charge in [0.25, 0.3) is 0 Å². The van der Waals surface area contributed by atoms with Crippen molar-refractivity contribution in [2.45, 2.75) is 4.90 Å². The minimum atomic E-state index is -2.90. The maximum Gasteiger partial charge on any atom is 1.00 e. The molecule has 2 N–H and O–H groups in total. The minimum Gasteiger partial charge on any atom is -0.478 e. The van der Waals surface area contributed by atoms with E-state index in [1.54, 1.807) is 0 Å². The summed E-state index contributed by atoms with van der Waals surface area (Å²) in [5, 5.41) is 17.3. The molecule has 0 bridgehead atoms. The first-order valence-corrected chi connectivity index (χ1v) is 4.71. The van der Waals surface area contributed by atoms with Crippen LogP contribution < -0.4 is 18.9 Å². The molecule has 0 spiro atoms. The first kappa shape index (κ1) is 14.7. The maximum absolute atomic E-state index is 10.7. The fraction of sp³-hybridized carbons (Fsp3) is 0. The third-order valence-electron chi connectivity index (χ3n) is 1.64. The Morgan fingerprint density at radius 3 is 1.62 bits per heavy atom. The van der Waals surface area contributed by atoms with Crippen LogP contribution in [0.15, 0.2) is 23.1 Å². The predicted octanol–water partition coefficient (Wildman–Crippen LogP) is -2.24. The van der Waals surface area contributed by atoms with Crippen LogP contribution in [0.4, 0.5) is 0 Å². The van der Waals surface area contributed by atoms with Gasteiger partial charge in [-0.15, -0.1) is 0 Å². The van der Waals surface area contributed by atoms with Crippen LogP contribution in [-0.4, -0.2) is 22.2 Å². The molecule has 0 saturated heterocycles. The van der Waals surface area contributed by atoms with Gasteiger partial charge >= 0.3 is 30.8 Å². The number of carboxylic acid groups (broad SMARTS) is 2. The van der Waals surface area contributed by atoms with Crippen molar-refractivity contribution in [3.8, 4) is 0 Å². The van der Waals surface area contributed by atoms with Gasteiger partial charge in [0.15, 0.2) is 0 Å². The fourth-order valence-electron chi connectivity index (χ4n) is 1.05.